The van der Waals surface area contributed by atoms with Crippen LogP contribution >= 0.6 is 23.2 Å². The highest BCUT2D eigenvalue weighted by Gasteiger charge is 2.22. The molecule has 4 N–H and O–H groups in total. The molecule has 0 saturated carbocycles. The number of aryl methyl sites for hydroxylation is 1. The second-order valence-electron chi connectivity index (χ2n) is 12.7. The van der Waals surface area contributed by atoms with Gasteiger partial charge in [-0.2, -0.15) is 0 Å². The number of carboxylic acids is 2. The number of carbonyl (C=O) groups is 2. The van der Waals surface area contributed by atoms with Crippen LogP contribution in [0.15, 0.2) is 140 Å². The monoisotopic (exact) mass is 768 g/mol. The van der Waals surface area contributed by atoms with E-state index in [2.05, 4.69) is 9.97 Å². The number of ether oxygens (including phenoxy) is 2. The quantitative estimate of drug-likeness (QED) is 0.110. The van der Waals surface area contributed by atoms with Crippen LogP contribution in [0.25, 0.3) is 44.1 Å². The molecule has 8 nitrogen and oxygen atoms in total. The molecule has 0 atom stereocenters. The Kier molecular flexibility index (Phi) is 10.9. The highest BCUT2D eigenvalue weighted by molar-refractivity contribution is 6.31. The second kappa shape index (κ2) is 16.3. The van der Waals surface area contributed by atoms with Crippen molar-refractivity contribution in [3.05, 3.63) is 172 Å². The van der Waals surface area contributed by atoms with Crippen molar-refractivity contribution in [1.29, 1.82) is 0 Å². The van der Waals surface area contributed by atoms with E-state index in [0.29, 0.717) is 39.9 Å². The van der Waals surface area contributed by atoms with Gasteiger partial charge < -0.3 is 29.7 Å². The fourth-order valence-corrected chi connectivity index (χ4v) is 6.80. The minimum atomic E-state index is -1.01. The van der Waals surface area contributed by atoms with E-state index in [9.17, 15) is 19.8 Å². The lowest BCUT2D eigenvalue weighted by atomic mass is 10.00. The minimum Gasteiger partial charge on any atom is -0.493 e. The highest BCUT2D eigenvalue weighted by Crippen LogP contribution is 2.39. The molecule has 2 aromatic heterocycles. The van der Waals surface area contributed by atoms with Crippen LogP contribution in [-0.4, -0.2) is 38.7 Å². The molecule has 274 valence electrons. The summed E-state index contributed by atoms with van der Waals surface area (Å²) in [6, 6.07) is 43.1. The number of hydrogen-bond donors (Lipinski definition) is 4. The van der Waals surface area contributed by atoms with Gasteiger partial charge in [-0.15, -0.1) is 0 Å². The number of rotatable bonds is 10. The molecule has 0 spiro atoms. The summed E-state index contributed by atoms with van der Waals surface area (Å²) >= 11 is 12.0. The van der Waals surface area contributed by atoms with Crippen molar-refractivity contribution < 1.29 is 29.3 Å². The Labute approximate surface area is 326 Å². The zero-order chi connectivity index (χ0) is 38.5. The maximum Gasteiger partial charge on any atom is 0.352 e. The maximum absolute atomic E-state index is 11.9. The van der Waals surface area contributed by atoms with E-state index in [4.69, 9.17) is 32.7 Å². The van der Waals surface area contributed by atoms with Crippen molar-refractivity contribution in [2.24, 2.45) is 0 Å². The number of aromatic carboxylic acids is 2. The Morgan fingerprint density at radius 3 is 1.64 bits per heavy atom. The average molecular weight is 770 g/mol. The van der Waals surface area contributed by atoms with Crippen LogP contribution in [0.4, 0.5) is 0 Å². The largest absolute Gasteiger partial charge is 0.493 e. The summed E-state index contributed by atoms with van der Waals surface area (Å²) in [5.74, 6) is 0.209. The lowest BCUT2D eigenvalue weighted by Gasteiger charge is -2.10. The van der Waals surface area contributed by atoms with Gasteiger partial charge in [-0.1, -0.05) is 102 Å². The SMILES string of the molecule is Cc1c(Oc2ccccc2)ccc2c(-c3ccc(Cl)cc3)c(C(=O)O)[nH]c12.O=C(O)c1[nH]c2c(CCOc3ccccc3)cccc2c1-c1ccc(Cl)cc1. The van der Waals surface area contributed by atoms with Crippen molar-refractivity contribution in [3.63, 3.8) is 0 Å². The van der Waals surface area contributed by atoms with Gasteiger partial charge in [0.15, 0.2) is 0 Å². The van der Waals surface area contributed by atoms with E-state index < -0.39 is 11.9 Å². The predicted octanol–water partition coefficient (Wildman–Crippen LogP) is 12.1. The van der Waals surface area contributed by atoms with Crippen LogP contribution < -0.4 is 9.47 Å². The van der Waals surface area contributed by atoms with Crippen LogP contribution in [0.5, 0.6) is 17.2 Å². The molecule has 55 heavy (non-hydrogen) atoms. The van der Waals surface area contributed by atoms with Crippen molar-refractivity contribution >= 4 is 56.9 Å². The van der Waals surface area contributed by atoms with Gasteiger partial charge >= 0.3 is 11.9 Å². The van der Waals surface area contributed by atoms with Crippen LogP contribution in [-0.2, 0) is 6.42 Å². The summed E-state index contributed by atoms with van der Waals surface area (Å²) in [7, 11) is 0. The molecule has 0 unspecified atom stereocenters. The summed E-state index contributed by atoms with van der Waals surface area (Å²) in [6.45, 7) is 2.41. The van der Waals surface area contributed by atoms with Crippen molar-refractivity contribution in [1.82, 2.24) is 9.97 Å². The Balaban J connectivity index is 0.000000169. The standard InChI is InChI=1S/C23H18ClNO3.C22H16ClNO3/c24-17-11-9-15(10-12-17)20-19-8-4-5-16(21(19)25-22(20)23(26)27)13-14-28-18-6-2-1-3-7-18;1-13-18(27-16-5-3-2-4-6-16)12-11-17-19(14-7-9-15(23)10-8-14)21(22(25)26)24-20(13)17/h1-12,25H,13-14H2,(H,26,27);2-12,24H,1H3,(H,25,26). The van der Waals surface area contributed by atoms with Gasteiger partial charge in [-0.05, 0) is 84.3 Å². The molecular formula is C45H34Cl2N2O6. The van der Waals surface area contributed by atoms with E-state index in [1.165, 1.54) is 0 Å². The molecule has 8 rings (SSSR count). The third-order valence-corrected chi connectivity index (χ3v) is 9.66. The van der Waals surface area contributed by atoms with Crippen molar-refractivity contribution in [3.8, 4) is 39.5 Å². The number of aromatic amines is 2. The van der Waals surface area contributed by atoms with Crippen LogP contribution in [0.2, 0.25) is 10.0 Å². The molecule has 8 aromatic rings. The number of fused-ring (bicyclic) bond motifs is 2. The van der Waals surface area contributed by atoms with Gasteiger partial charge in [0.05, 0.1) is 17.6 Å². The van der Waals surface area contributed by atoms with Crippen LogP contribution in [0.3, 0.4) is 0 Å². The first-order valence-corrected chi connectivity index (χ1v) is 18.1. The van der Waals surface area contributed by atoms with Gasteiger partial charge in [-0.25, -0.2) is 9.59 Å². The minimum absolute atomic E-state index is 0.146. The molecule has 0 bridgehead atoms. The van der Waals surface area contributed by atoms with Crippen LogP contribution in [0.1, 0.15) is 32.1 Å². The highest BCUT2D eigenvalue weighted by atomic mass is 35.5. The first kappa shape index (κ1) is 36.9. The van der Waals surface area contributed by atoms with Gasteiger partial charge in [0.25, 0.3) is 0 Å². The molecule has 0 fully saturated rings. The van der Waals surface area contributed by atoms with Crippen LogP contribution in [0, 0.1) is 6.92 Å². The number of benzene rings is 6. The second-order valence-corrected chi connectivity index (χ2v) is 13.5. The van der Waals surface area contributed by atoms with Crippen molar-refractivity contribution in [2.75, 3.05) is 6.61 Å². The third kappa shape index (κ3) is 8.06. The number of H-pyrrole nitrogens is 2. The van der Waals surface area contributed by atoms with E-state index in [1.54, 1.807) is 24.3 Å². The number of para-hydroxylation sites is 3. The van der Waals surface area contributed by atoms with E-state index in [-0.39, 0.29) is 11.4 Å². The Hall–Kier alpha value is -6.48. The molecule has 0 saturated heterocycles. The summed E-state index contributed by atoms with van der Waals surface area (Å²) in [5, 5.41) is 22.3. The Bertz CT molecular complexity index is 2620. The first-order chi connectivity index (χ1) is 26.7. The van der Waals surface area contributed by atoms with E-state index in [0.717, 1.165) is 55.6 Å². The lowest BCUT2D eigenvalue weighted by Crippen LogP contribution is -2.02. The van der Waals surface area contributed by atoms with Gasteiger partial charge in [-0.3, -0.25) is 0 Å². The van der Waals surface area contributed by atoms with Gasteiger partial charge in [0, 0.05) is 43.9 Å². The number of halogens is 2. The first-order valence-electron chi connectivity index (χ1n) is 17.4. The topological polar surface area (TPSA) is 125 Å². The average Bonchev–Trinajstić information content (AvgIpc) is 3.79. The molecule has 0 radical (unpaired) electrons. The third-order valence-electron chi connectivity index (χ3n) is 9.15. The molecule has 10 heteroatoms. The Morgan fingerprint density at radius 2 is 1.09 bits per heavy atom. The summed E-state index contributed by atoms with van der Waals surface area (Å²) < 4.78 is 11.8. The summed E-state index contributed by atoms with van der Waals surface area (Å²) in [6.07, 6.45) is 0.659. The van der Waals surface area contributed by atoms with Gasteiger partial charge in [0.2, 0.25) is 0 Å². The van der Waals surface area contributed by atoms with E-state index >= 15 is 0 Å². The number of carboxylic acid groups (broad SMARTS) is 2. The normalized spacial score (nSPS) is 10.9. The summed E-state index contributed by atoms with van der Waals surface area (Å²) in [4.78, 5) is 29.9. The fourth-order valence-electron chi connectivity index (χ4n) is 6.55. The number of aromatic nitrogens is 2. The zero-order valence-corrected chi connectivity index (χ0v) is 31.0. The van der Waals surface area contributed by atoms with Crippen molar-refractivity contribution in [2.45, 2.75) is 13.3 Å². The molecule has 6 aromatic carbocycles. The molecule has 2 heterocycles. The lowest BCUT2D eigenvalue weighted by molar-refractivity contribution is 0.0681. The molecule has 0 aliphatic rings. The Morgan fingerprint density at radius 1 is 0.582 bits per heavy atom. The fraction of sp³-hybridized carbons (Fsp3) is 0.0667. The molecule has 0 aliphatic heterocycles. The smallest absolute Gasteiger partial charge is 0.352 e. The summed E-state index contributed by atoms with van der Waals surface area (Å²) in [5.41, 5.74) is 6.65. The van der Waals surface area contributed by atoms with Gasteiger partial charge in [0.1, 0.15) is 28.6 Å². The molecule has 0 aliphatic carbocycles. The predicted molar refractivity (Wildman–Crippen MR) is 218 cm³/mol. The molecule has 0 amide bonds. The maximum atomic E-state index is 11.9. The zero-order valence-electron chi connectivity index (χ0n) is 29.5. The molecular weight excluding hydrogens is 735 g/mol. The number of nitrogens with one attached hydrogen (secondary N) is 2. The number of hydrogen-bond acceptors (Lipinski definition) is 4. The van der Waals surface area contributed by atoms with E-state index in [1.807, 2.05) is 122 Å².